The number of hydrogen-bond donors (Lipinski definition) is 1. The standard InChI is InChI=1S/C17H20N6OS2/c1-11(2)10-23-14(13-4-6-18-7-5-13)21-22-17(23)26-12(3)15(24)20-16-19-8-9-25-16/h4-9,11-12H,10H2,1-3H3,(H,19,20,24)/t12-/m0/s1. The van der Waals surface area contributed by atoms with E-state index in [0.717, 1.165) is 23.1 Å². The molecule has 1 atom stereocenters. The topological polar surface area (TPSA) is 85.6 Å². The van der Waals surface area contributed by atoms with E-state index in [0.29, 0.717) is 11.0 Å². The van der Waals surface area contributed by atoms with Crippen LogP contribution >= 0.6 is 23.1 Å². The maximum atomic E-state index is 12.4. The van der Waals surface area contributed by atoms with Gasteiger partial charge >= 0.3 is 0 Å². The number of nitrogens with zero attached hydrogens (tertiary/aromatic N) is 5. The third kappa shape index (κ3) is 4.47. The third-order valence-corrected chi connectivity index (χ3v) is 5.29. The lowest BCUT2D eigenvalue weighted by Gasteiger charge is -2.14. The lowest BCUT2D eigenvalue weighted by molar-refractivity contribution is -0.115. The minimum absolute atomic E-state index is 0.102. The van der Waals surface area contributed by atoms with Crippen molar-refractivity contribution in [2.75, 3.05) is 5.32 Å². The van der Waals surface area contributed by atoms with E-state index in [1.54, 1.807) is 18.6 Å². The molecular formula is C17H20N6OS2. The molecule has 0 aliphatic heterocycles. The highest BCUT2D eigenvalue weighted by Gasteiger charge is 2.21. The van der Waals surface area contributed by atoms with Crippen molar-refractivity contribution in [2.45, 2.75) is 37.7 Å². The molecule has 0 aromatic carbocycles. The number of anilines is 1. The van der Waals surface area contributed by atoms with Gasteiger partial charge in [0.25, 0.3) is 0 Å². The van der Waals surface area contributed by atoms with Gasteiger partial charge in [-0.25, -0.2) is 4.98 Å². The Bertz CT molecular complexity index is 848. The smallest absolute Gasteiger partial charge is 0.239 e. The van der Waals surface area contributed by atoms with Crippen LogP contribution in [-0.2, 0) is 11.3 Å². The molecule has 136 valence electrons. The average molecular weight is 389 g/mol. The van der Waals surface area contributed by atoms with Crippen LogP contribution in [0.1, 0.15) is 20.8 Å². The molecule has 9 heteroatoms. The van der Waals surface area contributed by atoms with Crippen LogP contribution in [0.25, 0.3) is 11.4 Å². The first-order valence-electron chi connectivity index (χ1n) is 8.25. The van der Waals surface area contributed by atoms with Crippen LogP contribution in [0.5, 0.6) is 0 Å². The Morgan fingerprint density at radius 3 is 2.65 bits per heavy atom. The summed E-state index contributed by atoms with van der Waals surface area (Å²) >= 11 is 2.79. The van der Waals surface area contributed by atoms with Crippen molar-refractivity contribution in [2.24, 2.45) is 5.92 Å². The van der Waals surface area contributed by atoms with Gasteiger partial charge in [-0.2, -0.15) is 0 Å². The molecule has 1 N–H and O–H groups in total. The first-order valence-corrected chi connectivity index (χ1v) is 10.0. The molecule has 0 bridgehead atoms. The van der Waals surface area contributed by atoms with Gasteiger partial charge in [0.1, 0.15) is 0 Å². The van der Waals surface area contributed by atoms with Crippen molar-refractivity contribution in [3.05, 3.63) is 36.1 Å². The summed E-state index contributed by atoms with van der Waals surface area (Å²) in [5.74, 6) is 1.11. The average Bonchev–Trinajstić information content (AvgIpc) is 3.26. The van der Waals surface area contributed by atoms with Gasteiger partial charge < -0.3 is 9.88 Å². The van der Waals surface area contributed by atoms with Gasteiger partial charge in [0.2, 0.25) is 5.91 Å². The fraction of sp³-hybridized carbons (Fsp3) is 0.353. The number of hydrogen-bond acceptors (Lipinski definition) is 7. The number of aromatic nitrogens is 5. The molecule has 3 aromatic heterocycles. The molecule has 0 saturated heterocycles. The van der Waals surface area contributed by atoms with E-state index in [-0.39, 0.29) is 11.2 Å². The Balaban J connectivity index is 1.80. The molecule has 26 heavy (non-hydrogen) atoms. The zero-order valence-corrected chi connectivity index (χ0v) is 16.4. The molecule has 0 fully saturated rings. The normalized spacial score (nSPS) is 12.3. The molecule has 0 unspecified atom stereocenters. The highest BCUT2D eigenvalue weighted by atomic mass is 32.2. The number of carbonyl (C=O) groups excluding carboxylic acids is 1. The second-order valence-corrected chi connectivity index (χ2v) is 8.34. The lowest BCUT2D eigenvalue weighted by Crippen LogP contribution is -2.23. The van der Waals surface area contributed by atoms with E-state index in [4.69, 9.17) is 0 Å². The third-order valence-electron chi connectivity index (χ3n) is 3.52. The number of thiazole rings is 1. The monoisotopic (exact) mass is 388 g/mol. The van der Waals surface area contributed by atoms with E-state index in [9.17, 15) is 4.79 Å². The van der Waals surface area contributed by atoms with Gasteiger partial charge in [-0.05, 0) is 25.0 Å². The number of nitrogens with one attached hydrogen (secondary N) is 1. The summed E-state index contributed by atoms with van der Waals surface area (Å²) in [5, 5.41) is 14.3. The van der Waals surface area contributed by atoms with Gasteiger partial charge in [0, 0.05) is 36.1 Å². The van der Waals surface area contributed by atoms with Gasteiger partial charge in [-0.15, -0.1) is 21.5 Å². The summed E-state index contributed by atoms with van der Waals surface area (Å²) in [6.07, 6.45) is 5.14. The maximum Gasteiger partial charge on any atom is 0.239 e. The quantitative estimate of drug-likeness (QED) is 0.623. The maximum absolute atomic E-state index is 12.4. The first kappa shape index (κ1) is 18.5. The van der Waals surface area contributed by atoms with Crippen molar-refractivity contribution in [1.29, 1.82) is 0 Å². The SMILES string of the molecule is CC(C)Cn1c(S[C@@H](C)C(=O)Nc2nccs2)nnc1-c1ccncc1. The summed E-state index contributed by atoms with van der Waals surface area (Å²) in [6.45, 7) is 6.91. The van der Waals surface area contributed by atoms with Crippen LogP contribution in [0.2, 0.25) is 0 Å². The van der Waals surface area contributed by atoms with Crippen molar-refractivity contribution in [3.63, 3.8) is 0 Å². The Morgan fingerprint density at radius 2 is 2.00 bits per heavy atom. The van der Waals surface area contributed by atoms with Crippen LogP contribution in [0.4, 0.5) is 5.13 Å². The minimum Gasteiger partial charge on any atom is -0.302 e. The number of rotatable bonds is 7. The van der Waals surface area contributed by atoms with Gasteiger partial charge in [0.05, 0.1) is 5.25 Å². The van der Waals surface area contributed by atoms with Gasteiger partial charge in [-0.3, -0.25) is 9.78 Å². The first-order chi connectivity index (χ1) is 12.5. The number of thioether (sulfide) groups is 1. The molecule has 0 radical (unpaired) electrons. The van der Waals surface area contributed by atoms with Crippen LogP contribution in [-0.4, -0.2) is 35.9 Å². The Kier molecular flexibility index (Phi) is 6.00. The van der Waals surface area contributed by atoms with E-state index < -0.39 is 0 Å². The zero-order chi connectivity index (χ0) is 18.5. The van der Waals surface area contributed by atoms with Crippen molar-refractivity contribution in [3.8, 4) is 11.4 Å². The highest BCUT2D eigenvalue weighted by Crippen LogP contribution is 2.28. The largest absolute Gasteiger partial charge is 0.302 e. The Labute approximate surface area is 160 Å². The van der Waals surface area contributed by atoms with Crippen LogP contribution in [0, 0.1) is 5.92 Å². The number of carbonyl (C=O) groups is 1. The van der Waals surface area contributed by atoms with E-state index >= 15 is 0 Å². The second-order valence-electron chi connectivity index (χ2n) is 6.13. The van der Waals surface area contributed by atoms with Crippen molar-refractivity contribution >= 4 is 34.1 Å². The van der Waals surface area contributed by atoms with Crippen LogP contribution in [0.3, 0.4) is 0 Å². The molecule has 3 rings (SSSR count). The summed E-state index contributed by atoms with van der Waals surface area (Å²) in [5.41, 5.74) is 0.958. The summed E-state index contributed by atoms with van der Waals surface area (Å²) < 4.78 is 2.07. The molecule has 1 amide bonds. The predicted molar refractivity (Wildman–Crippen MR) is 104 cm³/mol. The molecule has 0 aliphatic rings. The Morgan fingerprint density at radius 1 is 1.23 bits per heavy atom. The summed E-state index contributed by atoms with van der Waals surface area (Å²) in [6, 6.07) is 3.82. The van der Waals surface area contributed by atoms with Crippen LogP contribution < -0.4 is 5.32 Å². The second kappa shape index (κ2) is 8.41. The van der Waals surface area contributed by atoms with E-state index in [1.807, 2.05) is 24.4 Å². The van der Waals surface area contributed by atoms with E-state index in [2.05, 4.69) is 43.9 Å². The predicted octanol–water partition coefficient (Wildman–Crippen LogP) is 3.57. The molecule has 0 saturated carbocycles. The minimum atomic E-state index is -0.320. The highest BCUT2D eigenvalue weighted by molar-refractivity contribution is 8.00. The molecule has 7 nitrogen and oxygen atoms in total. The molecule has 0 aliphatic carbocycles. The molecular weight excluding hydrogens is 368 g/mol. The van der Waals surface area contributed by atoms with Crippen LogP contribution in [0.15, 0.2) is 41.3 Å². The lowest BCUT2D eigenvalue weighted by atomic mass is 10.2. The molecule has 3 aromatic rings. The fourth-order valence-corrected chi connectivity index (χ4v) is 3.71. The van der Waals surface area contributed by atoms with Gasteiger partial charge in [0.15, 0.2) is 16.1 Å². The number of amides is 1. The van der Waals surface area contributed by atoms with E-state index in [1.165, 1.54) is 23.1 Å². The molecule has 0 spiro atoms. The van der Waals surface area contributed by atoms with Gasteiger partial charge in [-0.1, -0.05) is 25.6 Å². The van der Waals surface area contributed by atoms with Crippen molar-refractivity contribution < 1.29 is 4.79 Å². The number of pyridine rings is 1. The fourth-order valence-electron chi connectivity index (χ4n) is 2.32. The van der Waals surface area contributed by atoms with Crippen molar-refractivity contribution in [1.82, 2.24) is 24.7 Å². The summed E-state index contributed by atoms with van der Waals surface area (Å²) in [4.78, 5) is 20.5. The Hall–Kier alpha value is -2.26. The summed E-state index contributed by atoms with van der Waals surface area (Å²) in [7, 11) is 0. The zero-order valence-electron chi connectivity index (χ0n) is 14.8. The molecule has 3 heterocycles.